The van der Waals surface area contributed by atoms with Gasteiger partial charge in [0.15, 0.2) is 0 Å². The number of fused-ring (bicyclic) bond motifs is 1. The Morgan fingerprint density at radius 2 is 1.96 bits per heavy atom. The van der Waals surface area contributed by atoms with Crippen LogP contribution in [0.4, 0.5) is 13.2 Å². The van der Waals surface area contributed by atoms with E-state index in [0.717, 1.165) is 37.9 Å². The van der Waals surface area contributed by atoms with Gasteiger partial charge in [-0.05, 0) is 30.7 Å². The smallest absolute Gasteiger partial charge is 0.387 e. The first kappa shape index (κ1) is 19.9. The Labute approximate surface area is 159 Å². The Balaban J connectivity index is 1.89. The fourth-order valence-corrected chi connectivity index (χ4v) is 2.96. The lowest BCUT2D eigenvalue weighted by molar-refractivity contribution is -0.0500. The Morgan fingerprint density at radius 1 is 1.14 bits per heavy atom. The zero-order valence-electron chi connectivity index (χ0n) is 15.4. The summed E-state index contributed by atoms with van der Waals surface area (Å²) < 4.78 is 44.8. The maximum Gasteiger partial charge on any atom is 0.387 e. The minimum atomic E-state index is -2.96. The summed E-state index contributed by atoms with van der Waals surface area (Å²) in [6.45, 7) is -0.310. The molecule has 148 valence electrons. The summed E-state index contributed by atoms with van der Waals surface area (Å²) in [6, 6.07) is 5.23. The zero-order valence-corrected chi connectivity index (χ0v) is 15.4. The molecule has 0 saturated carbocycles. The van der Waals surface area contributed by atoms with Crippen LogP contribution in [0.1, 0.15) is 32.6 Å². The second kappa shape index (κ2) is 8.86. The Morgan fingerprint density at radius 3 is 2.64 bits per heavy atom. The van der Waals surface area contributed by atoms with Crippen molar-refractivity contribution in [3.8, 4) is 17.0 Å². The van der Waals surface area contributed by atoms with E-state index in [-0.39, 0.29) is 28.0 Å². The van der Waals surface area contributed by atoms with Crippen LogP contribution < -0.4 is 10.3 Å². The topological polar surface area (TPSA) is 57.0 Å². The van der Waals surface area contributed by atoms with Crippen LogP contribution in [0.15, 0.2) is 41.6 Å². The van der Waals surface area contributed by atoms with Gasteiger partial charge in [-0.3, -0.25) is 14.3 Å². The third kappa shape index (κ3) is 4.49. The molecule has 0 bridgehead atoms. The van der Waals surface area contributed by atoms with Crippen LogP contribution in [0.25, 0.3) is 22.2 Å². The number of halogens is 3. The predicted octanol–water partition coefficient (Wildman–Crippen LogP) is 4.78. The van der Waals surface area contributed by atoms with E-state index in [1.807, 2.05) is 0 Å². The molecular weight excluding hydrogens is 371 g/mol. The number of nitrogens with zero attached hydrogens (tertiary/aromatic N) is 3. The van der Waals surface area contributed by atoms with Crippen LogP contribution in [0.5, 0.6) is 5.75 Å². The average Bonchev–Trinajstić information content (AvgIpc) is 2.67. The quantitative estimate of drug-likeness (QED) is 0.519. The van der Waals surface area contributed by atoms with Crippen LogP contribution in [0.2, 0.25) is 0 Å². The number of pyridine rings is 1. The van der Waals surface area contributed by atoms with Gasteiger partial charge in [-0.25, -0.2) is 9.37 Å². The van der Waals surface area contributed by atoms with Crippen molar-refractivity contribution in [2.24, 2.45) is 0 Å². The van der Waals surface area contributed by atoms with E-state index < -0.39 is 12.4 Å². The number of aromatic nitrogens is 3. The second-order valence-electron chi connectivity index (χ2n) is 6.41. The molecule has 1 aromatic carbocycles. The molecule has 0 radical (unpaired) electrons. The fraction of sp³-hybridized carbons (Fsp3) is 0.350. The molecule has 0 amide bonds. The largest absolute Gasteiger partial charge is 0.433 e. The molecule has 28 heavy (non-hydrogen) atoms. The van der Waals surface area contributed by atoms with E-state index in [0.29, 0.717) is 12.1 Å². The highest BCUT2D eigenvalue weighted by atomic mass is 19.3. The number of hydrogen-bond acceptors (Lipinski definition) is 4. The monoisotopic (exact) mass is 391 g/mol. The molecule has 0 fully saturated rings. The van der Waals surface area contributed by atoms with Crippen molar-refractivity contribution in [1.82, 2.24) is 14.5 Å². The standard InChI is InChI=1S/C20H20F3N3O2/c1-2-3-4-5-8-26-12-25-18-10-14(16(21)9-15(18)19(26)27)17-7-6-13(11-24-17)28-20(22)23/h6-7,9-12,20H,2-5,8H2,1H3. The van der Waals surface area contributed by atoms with Gasteiger partial charge < -0.3 is 4.74 Å². The highest BCUT2D eigenvalue weighted by Crippen LogP contribution is 2.26. The number of rotatable bonds is 8. The first-order chi connectivity index (χ1) is 13.5. The maximum atomic E-state index is 14.6. The number of aryl methyl sites for hydroxylation is 1. The summed E-state index contributed by atoms with van der Waals surface area (Å²) >= 11 is 0. The zero-order chi connectivity index (χ0) is 20.1. The van der Waals surface area contributed by atoms with Crippen LogP contribution in [0.3, 0.4) is 0 Å². The normalized spacial score (nSPS) is 11.3. The summed E-state index contributed by atoms with van der Waals surface area (Å²) in [7, 11) is 0. The summed E-state index contributed by atoms with van der Waals surface area (Å²) in [6.07, 6.45) is 6.63. The molecule has 2 aromatic heterocycles. The summed E-state index contributed by atoms with van der Waals surface area (Å²) in [4.78, 5) is 20.8. The van der Waals surface area contributed by atoms with E-state index in [4.69, 9.17) is 0 Å². The van der Waals surface area contributed by atoms with Gasteiger partial charge in [0.25, 0.3) is 5.56 Å². The SMILES string of the molecule is CCCCCCn1cnc2cc(-c3ccc(OC(F)F)cn3)c(F)cc2c1=O. The van der Waals surface area contributed by atoms with Crippen LogP contribution in [-0.4, -0.2) is 21.1 Å². The Kier molecular flexibility index (Phi) is 6.28. The minimum absolute atomic E-state index is 0.121. The molecule has 0 aliphatic rings. The lowest BCUT2D eigenvalue weighted by Crippen LogP contribution is -2.21. The first-order valence-corrected chi connectivity index (χ1v) is 9.09. The van der Waals surface area contributed by atoms with Gasteiger partial charge in [-0.1, -0.05) is 26.2 Å². The summed E-state index contributed by atoms with van der Waals surface area (Å²) in [5.41, 5.74) is 0.414. The third-order valence-electron chi connectivity index (χ3n) is 4.40. The first-order valence-electron chi connectivity index (χ1n) is 9.09. The van der Waals surface area contributed by atoms with Crippen molar-refractivity contribution in [3.63, 3.8) is 0 Å². The van der Waals surface area contributed by atoms with E-state index in [1.54, 1.807) is 0 Å². The van der Waals surface area contributed by atoms with Crippen molar-refractivity contribution in [3.05, 3.63) is 53.0 Å². The predicted molar refractivity (Wildman–Crippen MR) is 100.0 cm³/mol. The molecule has 3 rings (SSSR count). The highest BCUT2D eigenvalue weighted by Gasteiger charge is 2.13. The summed E-state index contributed by atoms with van der Waals surface area (Å²) in [5.74, 6) is -0.755. The molecule has 8 heteroatoms. The van der Waals surface area contributed by atoms with Crippen LogP contribution >= 0.6 is 0 Å². The van der Waals surface area contributed by atoms with Gasteiger partial charge in [0.05, 0.1) is 29.1 Å². The molecule has 5 nitrogen and oxygen atoms in total. The highest BCUT2D eigenvalue weighted by molar-refractivity contribution is 5.83. The Hall–Kier alpha value is -2.90. The van der Waals surface area contributed by atoms with Gasteiger partial charge in [0.2, 0.25) is 0 Å². The molecule has 0 saturated heterocycles. The van der Waals surface area contributed by atoms with Crippen molar-refractivity contribution < 1.29 is 17.9 Å². The minimum Gasteiger partial charge on any atom is -0.433 e. The van der Waals surface area contributed by atoms with Gasteiger partial charge in [0.1, 0.15) is 11.6 Å². The lowest BCUT2D eigenvalue weighted by Gasteiger charge is -2.09. The molecule has 0 aliphatic carbocycles. The molecule has 0 unspecified atom stereocenters. The molecule has 0 N–H and O–H groups in total. The maximum absolute atomic E-state index is 14.6. The number of unbranched alkanes of at least 4 members (excludes halogenated alkanes) is 3. The third-order valence-corrected chi connectivity index (χ3v) is 4.40. The molecule has 2 heterocycles. The van der Waals surface area contributed by atoms with Crippen molar-refractivity contribution in [2.75, 3.05) is 0 Å². The van der Waals surface area contributed by atoms with Crippen molar-refractivity contribution >= 4 is 10.9 Å². The molecule has 3 aromatic rings. The second-order valence-corrected chi connectivity index (χ2v) is 6.41. The van der Waals surface area contributed by atoms with Crippen molar-refractivity contribution in [2.45, 2.75) is 45.8 Å². The number of alkyl halides is 2. The molecular formula is C20H20F3N3O2. The van der Waals surface area contributed by atoms with Gasteiger partial charge in [-0.2, -0.15) is 8.78 Å². The average molecular weight is 391 g/mol. The van der Waals surface area contributed by atoms with Crippen LogP contribution in [0, 0.1) is 5.82 Å². The Bertz CT molecular complexity index is 1000. The number of ether oxygens (including phenoxy) is 1. The van der Waals surface area contributed by atoms with Gasteiger partial charge in [0, 0.05) is 12.1 Å². The number of benzene rings is 1. The summed E-state index contributed by atoms with van der Waals surface area (Å²) in [5, 5.41) is 0.192. The fourth-order valence-electron chi connectivity index (χ4n) is 2.96. The lowest BCUT2D eigenvalue weighted by atomic mass is 10.1. The van der Waals surface area contributed by atoms with E-state index in [2.05, 4.69) is 21.6 Å². The number of hydrogen-bond donors (Lipinski definition) is 0. The van der Waals surface area contributed by atoms with Crippen molar-refractivity contribution in [1.29, 1.82) is 0 Å². The molecule has 0 spiro atoms. The molecule has 0 atom stereocenters. The molecule has 0 aliphatic heterocycles. The van der Waals surface area contributed by atoms with Crippen LogP contribution in [-0.2, 0) is 6.54 Å². The van der Waals surface area contributed by atoms with E-state index >= 15 is 0 Å². The van der Waals surface area contributed by atoms with Gasteiger partial charge in [-0.15, -0.1) is 0 Å². The van der Waals surface area contributed by atoms with Gasteiger partial charge >= 0.3 is 6.61 Å². The van der Waals surface area contributed by atoms with E-state index in [9.17, 15) is 18.0 Å². The van der Waals surface area contributed by atoms with E-state index in [1.165, 1.54) is 29.1 Å².